The van der Waals surface area contributed by atoms with Crippen LogP contribution in [-0.2, 0) is 27.3 Å². The number of aromatic nitrogens is 5. The van der Waals surface area contributed by atoms with Crippen molar-refractivity contribution in [2.24, 2.45) is 23.2 Å². The first-order valence-corrected chi connectivity index (χ1v) is 14.7. The Kier molecular flexibility index (Phi) is 7.41. The van der Waals surface area contributed by atoms with Crippen molar-refractivity contribution in [3.8, 4) is 0 Å². The van der Waals surface area contributed by atoms with Crippen molar-refractivity contribution in [3.05, 3.63) is 47.7 Å². The highest BCUT2D eigenvalue weighted by molar-refractivity contribution is 6.03. The normalized spacial score (nSPS) is 23.3. The number of esters is 1. The molecule has 11 nitrogen and oxygen atoms in total. The van der Waals surface area contributed by atoms with Gasteiger partial charge in [-0.05, 0) is 81.4 Å². The monoisotopic (exact) mass is 601 g/mol. The molecule has 2 amide bonds. The van der Waals surface area contributed by atoms with Gasteiger partial charge in [-0.1, -0.05) is 0 Å². The molecule has 3 aliphatic rings. The summed E-state index contributed by atoms with van der Waals surface area (Å²) < 4.78 is 47.9. The highest BCUT2D eigenvalue weighted by Gasteiger charge is 2.55. The zero-order valence-electron chi connectivity index (χ0n) is 23.9. The standard InChI is InChI=1S/C29H34F3N7O4/c1-3-38-20(11-13-33-38)25(40)36-24(23(16-4-5-16)17-6-7-17)19-15-39-22(34-19)9-8-18(37-39)14-28(27(42)43-2)12-10-21(29(30,31)32)35-26(28)41/h8-9,11,13,15-17,21,23-24H,3-7,10,12,14H2,1-2H3,(H,35,41)(H,36,40). The molecule has 43 heavy (non-hydrogen) atoms. The number of rotatable bonds is 10. The fourth-order valence-electron chi connectivity index (χ4n) is 6.49. The smallest absolute Gasteiger partial charge is 0.408 e. The van der Waals surface area contributed by atoms with Gasteiger partial charge < -0.3 is 15.4 Å². The Balaban J connectivity index is 1.30. The lowest BCUT2D eigenvalue weighted by Gasteiger charge is -2.37. The molecular formula is C29H34F3N7O4. The number of alkyl halides is 3. The van der Waals surface area contributed by atoms with Crippen molar-refractivity contribution in [2.45, 2.75) is 76.7 Å². The Hall–Kier alpha value is -3.97. The van der Waals surface area contributed by atoms with E-state index in [1.165, 1.54) is 4.52 Å². The third-order valence-corrected chi connectivity index (χ3v) is 9.02. The predicted octanol–water partition coefficient (Wildman–Crippen LogP) is 3.40. The molecule has 2 N–H and O–H groups in total. The Bertz CT molecular complexity index is 1530. The summed E-state index contributed by atoms with van der Waals surface area (Å²) in [5.74, 6) is -0.972. The van der Waals surface area contributed by atoms with Gasteiger partial charge in [0.25, 0.3) is 5.91 Å². The van der Waals surface area contributed by atoms with Crippen LogP contribution in [0.5, 0.6) is 0 Å². The summed E-state index contributed by atoms with van der Waals surface area (Å²) in [4.78, 5) is 44.0. The number of halogens is 3. The molecule has 3 aromatic heterocycles. The zero-order valence-corrected chi connectivity index (χ0v) is 23.9. The predicted molar refractivity (Wildman–Crippen MR) is 145 cm³/mol. The molecule has 3 unspecified atom stereocenters. The van der Waals surface area contributed by atoms with Gasteiger partial charge in [0.15, 0.2) is 11.1 Å². The number of aryl methyl sites for hydroxylation is 1. The van der Waals surface area contributed by atoms with Crippen molar-refractivity contribution in [3.63, 3.8) is 0 Å². The van der Waals surface area contributed by atoms with Gasteiger partial charge in [-0.15, -0.1) is 0 Å². The van der Waals surface area contributed by atoms with Crippen molar-refractivity contribution in [1.82, 2.24) is 35.0 Å². The molecule has 6 rings (SSSR count). The van der Waals surface area contributed by atoms with Crippen LogP contribution in [-0.4, -0.2) is 61.5 Å². The molecule has 3 atom stereocenters. The van der Waals surface area contributed by atoms with E-state index < -0.39 is 35.9 Å². The number of hydrogen-bond donors (Lipinski definition) is 2. The highest BCUT2D eigenvalue weighted by Crippen LogP contribution is 2.54. The van der Waals surface area contributed by atoms with E-state index in [-0.39, 0.29) is 30.7 Å². The quantitative estimate of drug-likeness (QED) is 0.269. The lowest BCUT2D eigenvalue weighted by atomic mass is 9.74. The molecule has 2 saturated carbocycles. The van der Waals surface area contributed by atoms with Crippen LogP contribution < -0.4 is 10.6 Å². The van der Waals surface area contributed by atoms with Gasteiger partial charge in [0, 0.05) is 19.2 Å². The minimum Gasteiger partial charge on any atom is -0.468 e. The van der Waals surface area contributed by atoms with Crippen molar-refractivity contribution in [2.75, 3.05) is 7.11 Å². The van der Waals surface area contributed by atoms with E-state index in [0.717, 1.165) is 32.8 Å². The van der Waals surface area contributed by atoms with Crippen LogP contribution in [0.25, 0.3) is 5.65 Å². The maximum atomic E-state index is 13.4. The first-order valence-electron chi connectivity index (χ1n) is 14.7. The minimum absolute atomic E-state index is 0.224. The van der Waals surface area contributed by atoms with Gasteiger partial charge in [0.2, 0.25) is 5.91 Å². The Morgan fingerprint density at radius 2 is 1.88 bits per heavy atom. The summed E-state index contributed by atoms with van der Waals surface area (Å²) >= 11 is 0. The van der Waals surface area contributed by atoms with Gasteiger partial charge >= 0.3 is 12.1 Å². The maximum absolute atomic E-state index is 13.4. The van der Waals surface area contributed by atoms with Crippen LogP contribution in [0.2, 0.25) is 0 Å². The van der Waals surface area contributed by atoms with Crippen molar-refractivity contribution in [1.29, 1.82) is 0 Å². The molecule has 0 spiro atoms. The number of hydrogen-bond acceptors (Lipinski definition) is 7. The molecule has 0 aromatic carbocycles. The molecule has 0 bridgehead atoms. The molecule has 0 radical (unpaired) electrons. The number of piperidine rings is 1. The number of amides is 2. The molecule has 4 heterocycles. The second-order valence-electron chi connectivity index (χ2n) is 11.9. The SMILES string of the molecule is CCn1nccc1C(=O)NC(c1cn2nc(CC3(C(=O)OC)CCC(C(F)(F)F)NC3=O)ccc2n1)C(C1CC1)C1CC1. The van der Waals surface area contributed by atoms with Crippen LogP contribution in [0, 0.1) is 23.2 Å². The van der Waals surface area contributed by atoms with Crippen LogP contribution in [0.15, 0.2) is 30.6 Å². The first kappa shape index (κ1) is 29.1. The molecule has 3 fully saturated rings. The summed E-state index contributed by atoms with van der Waals surface area (Å²) in [6, 6.07) is 2.59. The van der Waals surface area contributed by atoms with Crippen LogP contribution >= 0.6 is 0 Å². The summed E-state index contributed by atoms with van der Waals surface area (Å²) in [5, 5.41) is 14.0. The summed E-state index contributed by atoms with van der Waals surface area (Å²) in [6.45, 7) is 2.47. The number of imidazole rings is 1. The Morgan fingerprint density at radius 3 is 2.49 bits per heavy atom. The van der Waals surface area contributed by atoms with E-state index in [0.29, 0.717) is 41.1 Å². The number of nitrogens with one attached hydrogen (secondary N) is 2. The Labute approximate surface area is 245 Å². The number of ether oxygens (including phenoxy) is 1. The summed E-state index contributed by atoms with van der Waals surface area (Å²) in [5.41, 5.74) is 0.0850. The Morgan fingerprint density at radius 1 is 1.16 bits per heavy atom. The second kappa shape index (κ2) is 10.9. The van der Waals surface area contributed by atoms with E-state index in [2.05, 4.69) is 15.5 Å². The lowest BCUT2D eigenvalue weighted by molar-refractivity contribution is -0.181. The van der Waals surface area contributed by atoms with E-state index in [4.69, 9.17) is 9.72 Å². The van der Waals surface area contributed by atoms with Crippen LogP contribution in [0.4, 0.5) is 13.2 Å². The molecule has 1 aliphatic heterocycles. The van der Waals surface area contributed by atoms with E-state index in [1.54, 1.807) is 35.3 Å². The highest BCUT2D eigenvalue weighted by atomic mass is 19.4. The fourth-order valence-corrected chi connectivity index (χ4v) is 6.49. The van der Waals surface area contributed by atoms with Gasteiger partial charge in [0.05, 0.1) is 30.7 Å². The number of methoxy groups -OCH3 is 1. The van der Waals surface area contributed by atoms with Crippen molar-refractivity contribution >= 4 is 23.4 Å². The minimum atomic E-state index is -4.62. The average Bonchev–Trinajstić information content (AvgIpc) is 3.91. The van der Waals surface area contributed by atoms with Gasteiger partial charge in [-0.3, -0.25) is 19.1 Å². The number of carbonyl (C=O) groups excluding carboxylic acids is 3. The second-order valence-corrected chi connectivity index (χ2v) is 11.9. The molecule has 1 saturated heterocycles. The van der Waals surface area contributed by atoms with Crippen molar-refractivity contribution < 1.29 is 32.3 Å². The molecular weight excluding hydrogens is 567 g/mol. The molecule has 3 aromatic rings. The number of nitrogens with zero attached hydrogens (tertiary/aromatic N) is 5. The molecule has 14 heteroatoms. The van der Waals surface area contributed by atoms with Crippen LogP contribution in [0.3, 0.4) is 0 Å². The third-order valence-electron chi connectivity index (χ3n) is 9.02. The summed E-state index contributed by atoms with van der Waals surface area (Å²) in [7, 11) is 1.10. The van der Waals surface area contributed by atoms with Gasteiger partial charge in [-0.25, -0.2) is 9.50 Å². The third kappa shape index (κ3) is 5.58. The average molecular weight is 602 g/mol. The lowest BCUT2D eigenvalue weighted by Crippen LogP contribution is -2.59. The van der Waals surface area contributed by atoms with E-state index in [1.807, 2.05) is 12.2 Å². The molecule has 2 aliphatic carbocycles. The number of fused-ring (bicyclic) bond motifs is 1. The summed E-state index contributed by atoms with van der Waals surface area (Å²) in [6.07, 6.45) is 2.08. The van der Waals surface area contributed by atoms with Gasteiger partial charge in [0.1, 0.15) is 11.7 Å². The zero-order chi connectivity index (χ0) is 30.5. The maximum Gasteiger partial charge on any atom is 0.408 e. The number of carbonyl (C=O) groups is 3. The largest absolute Gasteiger partial charge is 0.468 e. The van der Waals surface area contributed by atoms with E-state index >= 15 is 0 Å². The van der Waals surface area contributed by atoms with Gasteiger partial charge in [-0.2, -0.15) is 23.4 Å². The fraction of sp³-hybridized carbons (Fsp3) is 0.586. The first-order chi connectivity index (χ1) is 20.5. The van der Waals surface area contributed by atoms with E-state index in [9.17, 15) is 27.6 Å². The van der Waals surface area contributed by atoms with Crippen LogP contribution in [0.1, 0.15) is 73.4 Å². The molecule has 230 valence electrons. The topological polar surface area (TPSA) is 133 Å².